The van der Waals surface area contributed by atoms with E-state index in [4.69, 9.17) is 9.47 Å². The molecule has 1 heterocycles. The van der Waals surface area contributed by atoms with Crippen LogP contribution in [0.3, 0.4) is 0 Å². The predicted octanol–water partition coefficient (Wildman–Crippen LogP) is -0.958. The highest BCUT2D eigenvalue weighted by Crippen LogP contribution is 1.73. The SMILES string of the molecule is C1NCOCNCO1. The van der Waals surface area contributed by atoms with Gasteiger partial charge in [0, 0.05) is 0 Å². The van der Waals surface area contributed by atoms with Crippen molar-refractivity contribution in [2.75, 3.05) is 26.9 Å². The third kappa shape index (κ3) is 2.23. The van der Waals surface area contributed by atoms with Gasteiger partial charge in [-0.3, -0.25) is 10.6 Å². The van der Waals surface area contributed by atoms with Gasteiger partial charge < -0.3 is 9.47 Å². The molecule has 1 saturated heterocycles. The minimum atomic E-state index is 0.562. The Kier molecular flexibility index (Phi) is 2.83. The van der Waals surface area contributed by atoms with Gasteiger partial charge in [-0.2, -0.15) is 0 Å². The largest absolute Gasteiger partial charge is 0.351 e. The van der Waals surface area contributed by atoms with Crippen molar-refractivity contribution in [2.24, 2.45) is 0 Å². The Morgan fingerprint density at radius 2 is 1.12 bits per heavy atom. The molecule has 4 nitrogen and oxygen atoms in total. The third-order valence-corrected chi connectivity index (χ3v) is 0.816. The average Bonchev–Trinajstić information content (AvgIpc) is 1.62. The van der Waals surface area contributed by atoms with Crippen molar-refractivity contribution in [2.45, 2.75) is 0 Å². The van der Waals surface area contributed by atoms with Crippen molar-refractivity contribution in [3.63, 3.8) is 0 Å². The van der Waals surface area contributed by atoms with E-state index >= 15 is 0 Å². The molecule has 0 atom stereocenters. The fourth-order valence-electron chi connectivity index (χ4n) is 0.474. The van der Waals surface area contributed by atoms with Gasteiger partial charge in [-0.15, -0.1) is 0 Å². The zero-order chi connectivity index (χ0) is 5.66. The van der Waals surface area contributed by atoms with Crippen molar-refractivity contribution in [3.05, 3.63) is 0 Å². The number of rotatable bonds is 0. The van der Waals surface area contributed by atoms with Gasteiger partial charge in [-0.05, 0) is 0 Å². The Morgan fingerprint density at radius 3 is 1.50 bits per heavy atom. The van der Waals surface area contributed by atoms with E-state index in [1.807, 2.05) is 0 Å². The first-order valence-electron chi connectivity index (χ1n) is 2.57. The first-order chi connectivity index (χ1) is 4.00. The Hall–Kier alpha value is -0.160. The number of hydrogen-bond donors (Lipinski definition) is 2. The molecule has 0 unspecified atom stereocenters. The molecule has 1 aliphatic heterocycles. The van der Waals surface area contributed by atoms with Gasteiger partial charge in [0.05, 0.1) is 0 Å². The van der Waals surface area contributed by atoms with Crippen LogP contribution in [0.1, 0.15) is 0 Å². The molecule has 1 rings (SSSR count). The predicted molar refractivity (Wildman–Crippen MR) is 27.9 cm³/mol. The van der Waals surface area contributed by atoms with Crippen molar-refractivity contribution >= 4 is 0 Å². The summed E-state index contributed by atoms with van der Waals surface area (Å²) < 4.78 is 9.94. The van der Waals surface area contributed by atoms with Crippen LogP contribution in [0.25, 0.3) is 0 Å². The molecular formula is C4H10N2O2. The van der Waals surface area contributed by atoms with E-state index < -0.39 is 0 Å². The number of hydrogen-bond acceptors (Lipinski definition) is 4. The number of nitrogens with one attached hydrogen (secondary N) is 2. The molecule has 0 aromatic rings. The highest BCUT2D eigenvalue weighted by molar-refractivity contribution is 4.31. The summed E-state index contributed by atoms with van der Waals surface area (Å²) in [6, 6.07) is 0. The van der Waals surface area contributed by atoms with Crippen molar-refractivity contribution in [1.82, 2.24) is 10.6 Å². The lowest BCUT2D eigenvalue weighted by Crippen LogP contribution is -2.33. The van der Waals surface area contributed by atoms with Crippen molar-refractivity contribution in [3.8, 4) is 0 Å². The Morgan fingerprint density at radius 1 is 0.750 bits per heavy atom. The molecule has 8 heavy (non-hydrogen) atoms. The van der Waals surface area contributed by atoms with Crippen LogP contribution in [0.2, 0.25) is 0 Å². The van der Waals surface area contributed by atoms with Gasteiger partial charge in [-0.25, -0.2) is 0 Å². The van der Waals surface area contributed by atoms with Crippen LogP contribution in [0.5, 0.6) is 0 Å². The van der Waals surface area contributed by atoms with Gasteiger partial charge in [0.15, 0.2) is 0 Å². The van der Waals surface area contributed by atoms with Crippen LogP contribution in [0, 0.1) is 0 Å². The van der Waals surface area contributed by atoms with Crippen LogP contribution in [0.15, 0.2) is 0 Å². The van der Waals surface area contributed by atoms with Gasteiger partial charge in [-0.1, -0.05) is 0 Å². The van der Waals surface area contributed by atoms with E-state index in [0.29, 0.717) is 26.9 Å². The second kappa shape index (κ2) is 3.80. The Balaban J connectivity index is 2.00. The maximum atomic E-state index is 4.97. The van der Waals surface area contributed by atoms with Gasteiger partial charge in [0.2, 0.25) is 0 Å². The molecule has 0 spiro atoms. The molecule has 4 heteroatoms. The lowest BCUT2D eigenvalue weighted by Gasteiger charge is -2.12. The lowest BCUT2D eigenvalue weighted by atomic mass is 11.0. The number of ether oxygens (including phenoxy) is 2. The van der Waals surface area contributed by atoms with Crippen LogP contribution in [-0.2, 0) is 9.47 Å². The molecule has 1 aliphatic rings. The fraction of sp³-hybridized carbons (Fsp3) is 1.00. The molecule has 48 valence electrons. The maximum Gasteiger partial charge on any atom is 0.100 e. The lowest BCUT2D eigenvalue weighted by molar-refractivity contribution is -0.00248. The monoisotopic (exact) mass is 118 g/mol. The zero-order valence-electron chi connectivity index (χ0n) is 4.64. The summed E-state index contributed by atoms with van der Waals surface area (Å²) in [5, 5.41) is 5.81. The average molecular weight is 118 g/mol. The quantitative estimate of drug-likeness (QED) is 0.430. The summed E-state index contributed by atoms with van der Waals surface area (Å²) in [6.45, 7) is 2.25. The summed E-state index contributed by atoms with van der Waals surface area (Å²) in [6.07, 6.45) is 0. The summed E-state index contributed by atoms with van der Waals surface area (Å²) in [5.74, 6) is 0. The van der Waals surface area contributed by atoms with Gasteiger partial charge in [0.1, 0.15) is 26.9 Å². The second-order valence-corrected chi connectivity index (χ2v) is 1.49. The minimum Gasteiger partial charge on any atom is -0.351 e. The highest BCUT2D eigenvalue weighted by atomic mass is 16.5. The highest BCUT2D eigenvalue weighted by Gasteiger charge is 1.91. The zero-order valence-corrected chi connectivity index (χ0v) is 4.64. The van der Waals surface area contributed by atoms with Crippen molar-refractivity contribution in [1.29, 1.82) is 0 Å². The molecule has 0 aromatic heterocycles. The molecule has 0 radical (unpaired) electrons. The van der Waals surface area contributed by atoms with Gasteiger partial charge >= 0.3 is 0 Å². The molecular weight excluding hydrogens is 108 g/mol. The molecule has 2 N–H and O–H groups in total. The summed E-state index contributed by atoms with van der Waals surface area (Å²) >= 11 is 0. The smallest absolute Gasteiger partial charge is 0.100 e. The van der Waals surface area contributed by atoms with E-state index in [-0.39, 0.29) is 0 Å². The second-order valence-electron chi connectivity index (χ2n) is 1.49. The van der Waals surface area contributed by atoms with E-state index in [2.05, 4.69) is 10.6 Å². The van der Waals surface area contributed by atoms with Crippen LogP contribution < -0.4 is 10.6 Å². The first-order valence-corrected chi connectivity index (χ1v) is 2.57. The van der Waals surface area contributed by atoms with Gasteiger partial charge in [0.25, 0.3) is 0 Å². The third-order valence-electron chi connectivity index (χ3n) is 0.816. The normalized spacial score (nSPS) is 24.0. The summed E-state index contributed by atoms with van der Waals surface area (Å²) in [4.78, 5) is 0. The van der Waals surface area contributed by atoms with E-state index in [0.717, 1.165) is 0 Å². The fourth-order valence-corrected chi connectivity index (χ4v) is 0.474. The maximum absolute atomic E-state index is 4.97. The van der Waals surface area contributed by atoms with Crippen LogP contribution in [0.4, 0.5) is 0 Å². The first kappa shape index (κ1) is 5.97. The topological polar surface area (TPSA) is 42.5 Å². The molecule has 0 saturated carbocycles. The van der Waals surface area contributed by atoms with Crippen molar-refractivity contribution < 1.29 is 9.47 Å². The summed E-state index contributed by atoms with van der Waals surface area (Å²) in [5.41, 5.74) is 0. The molecule has 1 fully saturated rings. The molecule has 0 amide bonds. The summed E-state index contributed by atoms with van der Waals surface area (Å²) in [7, 11) is 0. The van der Waals surface area contributed by atoms with E-state index in [9.17, 15) is 0 Å². The minimum absolute atomic E-state index is 0.562. The molecule has 0 bridgehead atoms. The standard InChI is InChI=1S/C4H10N2O2/c1-5-2-8-4-6-3-7-1/h5-6H,1-4H2. The van der Waals surface area contributed by atoms with E-state index in [1.54, 1.807) is 0 Å². The van der Waals surface area contributed by atoms with E-state index in [1.165, 1.54) is 0 Å². The van der Waals surface area contributed by atoms with Crippen LogP contribution >= 0.6 is 0 Å². The van der Waals surface area contributed by atoms with Crippen LogP contribution in [-0.4, -0.2) is 26.9 Å². The Bertz CT molecular complexity index is 36.0. The Labute approximate surface area is 48.2 Å². The molecule has 0 aliphatic carbocycles. The molecule has 0 aromatic carbocycles.